The monoisotopic (exact) mass is 279 g/mol. The van der Waals surface area contributed by atoms with E-state index in [1.165, 1.54) is 25.7 Å². The minimum Gasteiger partial charge on any atom is -0.377 e. The third kappa shape index (κ3) is 5.05. The molecule has 1 aliphatic carbocycles. The molecule has 114 valence electrons. The topological polar surface area (TPSA) is 48.3 Å². The van der Waals surface area contributed by atoms with Crippen molar-refractivity contribution < 1.29 is 4.74 Å². The van der Waals surface area contributed by atoms with Crippen molar-refractivity contribution in [3.8, 4) is 6.07 Å². The highest BCUT2D eigenvalue weighted by Crippen LogP contribution is 2.24. The van der Waals surface area contributed by atoms with Crippen LogP contribution in [0.2, 0.25) is 0 Å². The Morgan fingerprint density at radius 2 is 2.20 bits per heavy atom. The normalized spacial score (nSPS) is 26.9. The van der Waals surface area contributed by atoms with Gasteiger partial charge in [-0.05, 0) is 52.0 Å². The fourth-order valence-corrected chi connectivity index (χ4v) is 2.86. The van der Waals surface area contributed by atoms with Crippen molar-refractivity contribution in [1.29, 1.82) is 5.26 Å². The third-order valence-corrected chi connectivity index (χ3v) is 4.29. The Morgan fingerprint density at radius 3 is 2.85 bits per heavy atom. The van der Waals surface area contributed by atoms with E-state index in [0.717, 1.165) is 39.1 Å². The van der Waals surface area contributed by atoms with Crippen LogP contribution in [0.5, 0.6) is 0 Å². The summed E-state index contributed by atoms with van der Waals surface area (Å²) in [5.41, 5.74) is -0.363. The molecule has 0 bridgehead atoms. The first kappa shape index (κ1) is 15.8. The Balaban J connectivity index is 1.73. The average Bonchev–Trinajstić information content (AvgIpc) is 3.27. The molecule has 4 heteroatoms. The summed E-state index contributed by atoms with van der Waals surface area (Å²) in [5, 5.41) is 12.9. The number of rotatable bonds is 8. The fourth-order valence-electron chi connectivity index (χ4n) is 2.86. The lowest BCUT2D eigenvalue weighted by atomic mass is 9.98. The Hall–Kier alpha value is -0.630. The maximum absolute atomic E-state index is 9.40. The van der Waals surface area contributed by atoms with E-state index in [9.17, 15) is 5.26 Å². The lowest BCUT2D eigenvalue weighted by Crippen LogP contribution is -2.47. The molecule has 0 amide bonds. The summed E-state index contributed by atoms with van der Waals surface area (Å²) in [6.45, 7) is 8.25. The third-order valence-electron chi connectivity index (χ3n) is 4.29. The predicted molar refractivity (Wildman–Crippen MR) is 80.5 cm³/mol. The van der Waals surface area contributed by atoms with E-state index >= 15 is 0 Å². The molecule has 1 N–H and O–H groups in total. The molecule has 2 aliphatic rings. The van der Waals surface area contributed by atoms with Crippen molar-refractivity contribution in [2.24, 2.45) is 0 Å². The van der Waals surface area contributed by atoms with Crippen LogP contribution in [-0.2, 0) is 4.74 Å². The number of ether oxygens (including phenoxy) is 1. The highest BCUT2D eigenvalue weighted by molar-refractivity contribution is 5.07. The van der Waals surface area contributed by atoms with Gasteiger partial charge in [-0.3, -0.25) is 5.32 Å². The van der Waals surface area contributed by atoms with E-state index in [4.69, 9.17) is 4.74 Å². The van der Waals surface area contributed by atoms with E-state index in [1.54, 1.807) is 0 Å². The van der Waals surface area contributed by atoms with Gasteiger partial charge in [0.15, 0.2) is 0 Å². The molecule has 20 heavy (non-hydrogen) atoms. The van der Waals surface area contributed by atoms with Crippen molar-refractivity contribution in [3.05, 3.63) is 0 Å². The molecule has 1 aliphatic heterocycles. The van der Waals surface area contributed by atoms with E-state index in [1.807, 2.05) is 6.92 Å². The lowest BCUT2D eigenvalue weighted by molar-refractivity contribution is -0.00134. The van der Waals surface area contributed by atoms with Crippen LogP contribution in [-0.4, -0.2) is 48.8 Å². The van der Waals surface area contributed by atoms with Crippen LogP contribution >= 0.6 is 0 Å². The second-order valence-electron chi connectivity index (χ2n) is 6.55. The van der Waals surface area contributed by atoms with Gasteiger partial charge in [0, 0.05) is 25.7 Å². The molecule has 1 saturated carbocycles. The average molecular weight is 279 g/mol. The molecule has 1 heterocycles. The highest BCUT2D eigenvalue weighted by Gasteiger charge is 2.33. The molecule has 0 radical (unpaired) electrons. The Bertz CT molecular complexity index is 337. The summed E-state index contributed by atoms with van der Waals surface area (Å²) >= 11 is 0. The highest BCUT2D eigenvalue weighted by atomic mass is 16.5. The SMILES string of the molecule is CCCOC1CCCN(CCC(C)(C#N)NC2CC2)C1. The van der Waals surface area contributed by atoms with Crippen LogP contribution in [0.15, 0.2) is 0 Å². The molecule has 2 atom stereocenters. The van der Waals surface area contributed by atoms with Crippen LogP contribution in [0.4, 0.5) is 0 Å². The minimum absolute atomic E-state index is 0.363. The van der Waals surface area contributed by atoms with Crippen molar-refractivity contribution in [1.82, 2.24) is 10.2 Å². The fraction of sp³-hybridized carbons (Fsp3) is 0.938. The predicted octanol–water partition coefficient (Wildman–Crippen LogP) is 2.30. The van der Waals surface area contributed by atoms with Gasteiger partial charge in [0.25, 0.3) is 0 Å². The molecule has 0 spiro atoms. The van der Waals surface area contributed by atoms with Crippen LogP contribution in [0.1, 0.15) is 52.4 Å². The summed E-state index contributed by atoms with van der Waals surface area (Å²) in [6, 6.07) is 3.05. The number of likely N-dealkylation sites (tertiary alicyclic amines) is 1. The van der Waals surface area contributed by atoms with Gasteiger partial charge in [-0.1, -0.05) is 6.92 Å². The molecular weight excluding hydrogens is 250 g/mol. The largest absolute Gasteiger partial charge is 0.377 e. The Labute approximate surface area is 123 Å². The molecule has 4 nitrogen and oxygen atoms in total. The van der Waals surface area contributed by atoms with Gasteiger partial charge >= 0.3 is 0 Å². The molecule has 2 rings (SSSR count). The summed E-state index contributed by atoms with van der Waals surface area (Å²) < 4.78 is 5.87. The molecule has 1 saturated heterocycles. The molecule has 2 unspecified atom stereocenters. The lowest BCUT2D eigenvalue weighted by Gasteiger charge is -2.34. The van der Waals surface area contributed by atoms with Gasteiger partial charge in [-0.15, -0.1) is 0 Å². The molecule has 0 aromatic carbocycles. The second-order valence-corrected chi connectivity index (χ2v) is 6.55. The Morgan fingerprint density at radius 1 is 1.40 bits per heavy atom. The smallest absolute Gasteiger partial charge is 0.105 e. The quantitative estimate of drug-likeness (QED) is 0.740. The first-order chi connectivity index (χ1) is 9.65. The zero-order valence-electron chi connectivity index (χ0n) is 13.0. The van der Waals surface area contributed by atoms with Gasteiger partial charge in [-0.25, -0.2) is 0 Å². The van der Waals surface area contributed by atoms with E-state index in [2.05, 4.69) is 23.2 Å². The Kier molecular flexibility index (Phi) is 5.83. The van der Waals surface area contributed by atoms with Crippen molar-refractivity contribution in [2.45, 2.75) is 70.1 Å². The van der Waals surface area contributed by atoms with Gasteiger partial charge < -0.3 is 9.64 Å². The first-order valence-corrected chi connectivity index (χ1v) is 8.18. The number of nitrogens with one attached hydrogen (secondary N) is 1. The number of hydrogen-bond donors (Lipinski definition) is 1. The molecule has 0 aromatic heterocycles. The summed E-state index contributed by atoms with van der Waals surface area (Å²) in [7, 11) is 0. The summed E-state index contributed by atoms with van der Waals surface area (Å²) in [4.78, 5) is 2.47. The van der Waals surface area contributed by atoms with Crippen molar-refractivity contribution in [3.63, 3.8) is 0 Å². The molecule has 0 aromatic rings. The van der Waals surface area contributed by atoms with Crippen LogP contribution < -0.4 is 5.32 Å². The van der Waals surface area contributed by atoms with Crippen molar-refractivity contribution in [2.75, 3.05) is 26.2 Å². The maximum atomic E-state index is 9.40. The number of piperidine rings is 1. The van der Waals surface area contributed by atoms with Gasteiger partial charge in [-0.2, -0.15) is 5.26 Å². The number of hydrogen-bond acceptors (Lipinski definition) is 4. The standard InChI is InChI=1S/C16H29N3O/c1-3-11-20-15-5-4-9-19(12-15)10-8-16(2,13-17)18-14-6-7-14/h14-15,18H,3-12H2,1-2H3. The summed E-state index contributed by atoms with van der Waals surface area (Å²) in [5.74, 6) is 0. The first-order valence-electron chi connectivity index (χ1n) is 8.18. The van der Waals surface area contributed by atoms with Crippen LogP contribution in [0, 0.1) is 11.3 Å². The molecular formula is C16H29N3O. The van der Waals surface area contributed by atoms with Crippen LogP contribution in [0.3, 0.4) is 0 Å². The van der Waals surface area contributed by atoms with Gasteiger partial charge in [0.1, 0.15) is 5.54 Å². The van der Waals surface area contributed by atoms with Gasteiger partial charge in [0.2, 0.25) is 0 Å². The number of nitriles is 1. The maximum Gasteiger partial charge on any atom is 0.105 e. The van der Waals surface area contributed by atoms with E-state index < -0.39 is 0 Å². The van der Waals surface area contributed by atoms with Crippen molar-refractivity contribution >= 4 is 0 Å². The number of nitrogens with zero attached hydrogens (tertiary/aromatic N) is 2. The minimum atomic E-state index is -0.363. The zero-order chi connectivity index (χ0) is 14.4. The van der Waals surface area contributed by atoms with Crippen LogP contribution in [0.25, 0.3) is 0 Å². The van der Waals surface area contributed by atoms with Gasteiger partial charge in [0.05, 0.1) is 12.2 Å². The second kappa shape index (κ2) is 7.40. The molecule has 2 fully saturated rings. The summed E-state index contributed by atoms with van der Waals surface area (Å²) in [6.07, 6.45) is 7.25. The van der Waals surface area contributed by atoms with E-state index in [-0.39, 0.29) is 5.54 Å². The zero-order valence-corrected chi connectivity index (χ0v) is 13.0. The van der Waals surface area contributed by atoms with E-state index in [0.29, 0.717) is 12.1 Å².